The fraction of sp³-hybridized carbons (Fsp3) is 0.950. The molecule has 0 saturated carbocycles. The van der Waals surface area contributed by atoms with Crippen molar-refractivity contribution in [2.24, 2.45) is 0 Å². The predicted octanol–water partition coefficient (Wildman–Crippen LogP) is 6.16. The summed E-state index contributed by atoms with van der Waals surface area (Å²) in [7, 11) is 0. The smallest absolute Gasteiger partial charge is 0.220 e. The molecule has 79 heavy (non-hydrogen) atoms. The Morgan fingerprint density at radius 2 is 0.785 bits per heavy atom. The van der Waals surface area contributed by atoms with Gasteiger partial charge in [-0.3, -0.25) is 4.79 Å². The number of rotatable bonds is 47. The zero-order valence-electron chi connectivity index (χ0n) is 48.6. The number of unbranched alkanes of at least 4 members (excludes halogenated alkanes) is 31. The number of aliphatic hydroxyl groups excluding tert-OH is 11. The molecule has 0 aromatic rings. The van der Waals surface area contributed by atoms with E-state index in [9.17, 15) is 61.0 Å². The molecule has 0 spiro atoms. The molecule has 17 atom stereocenters. The summed E-state index contributed by atoms with van der Waals surface area (Å²) in [6.45, 7) is 1.72. The molecule has 19 nitrogen and oxygen atoms in total. The van der Waals surface area contributed by atoms with Gasteiger partial charge in [-0.25, -0.2) is 0 Å². The van der Waals surface area contributed by atoms with Crippen molar-refractivity contribution in [1.82, 2.24) is 5.32 Å². The van der Waals surface area contributed by atoms with Crippen molar-refractivity contribution in [1.29, 1.82) is 0 Å². The maximum absolute atomic E-state index is 13.3. The predicted molar refractivity (Wildman–Crippen MR) is 300 cm³/mol. The number of ether oxygens (including phenoxy) is 6. The Labute approximate surface area is 474 Å². The van der Waals surface area contributed by atoms with Crippen molar-refractivity contribution < 1.29 is 89.4 Å². The average molecular weight is 1140 g/mol. The SMILES string of the molecule is CCCCCCCCCCC/C=C/C(O)C(COC1OC(CO)C(OC2OC(CO)C(OC3OC(CO)C(O)C(O)C3O)C(O)C2O)C(O)C1O)NC(=O)CCCCCCCCCCCCCCCCCCCCCCCCC. The summed E-state index contributed by atoms with van der Waals surface area (Å²) < 4.78 is 34.2. The Morgan fingerprint density at radius 1 is 0.443 bits per heavy atom. The molecule has 12 N–H and O–H groups in total. The molecule has 0 bridgehead atoms. The third-order valence-electron chi connectivity index (χ3n) is 16.1. The number of allylic oxidation sites excluding steroid dienone is 1. The lowest BCUT2D eigenvalue weighted by Gasteiger charge is -2.48. The Bertz CT molecular complexity index is 1500. The molecule has 3 aliphatic heterocycles. The van der Waals surface area contributed by atoms with Gasteiger partial charge in [0.05, 0.1) is 38.6 Å². The summed E-state index contributed by atoms with van der Waals surface area (Å²) in [5, 5.41) is 120. The van der Waals surface area contributed by atoms with E-state index in [1.165, 1.54) is 161 Å². The first-order chi connectivity index (χ1) is 38.3. The monoisotopic (exact) mass is 1140 g/mol. The van der Waals surface area contributed by atoms with Gasteiger partial charge in [0, 0.05) is 6.42 Å². The van der Waals surface area contributed by atoms with Crippen molar-refractivity contribution >= 4 is 5.91 Å². The lowest BCUT2D eigenvalue weighted by Crippen LogP contribution is -2.66. The van der Waals surface area contributed by atoms with Crippen LogP contribution in [0.4, 0.5) is 0 Å². The molecule has 466 valence electrons. The summed E-state index contributed by atoms with van der Waals surface area (Å²) in [5.41, 5.74) is 0. The normalized spacial score (nSPS) is 30.3. The van der Waals surface area contributed by atoms with E-state index in [0.717, 1.165) is 44.9 Å². The van der Waals surface area contributed by atoms with E-state index in [2.05, 4.69) is 19.2 Å². The Morgan fingerprint density at radius 3 is 1.19 bits per heavy atom. The zero-order valence-corrected chi connectivity index (χ0v) is 48.6. The fourth-order valence-corrected chi connectivity index (χ4v) is 10.9. The molecular formula is C60H113NO18. The number of hydrogen-bond acceptors (Lipinski definition) is 18. The second-order valence-electron chi connectivity index (χ2n) is 22.9. The molecule has 0 aliphatic carbocycles. The number of amides is 1. The van der Waals surface area contributed by atoms with Gasteiger partial charge in [-0.1, -0.05) is 219 Å². The first-order valence-electron chi connectivity index (χ1n) is 31.4. The van der Waals surface area contributed by atoms with Crippen molar-refractivity contribution in [2.45, 2.75) is 336 Å². The van der Waals surface area contributed by atoms with E-state index in [0.29, 0.717) is 6.42 Å². The van der Waals surface area contributed by atoms with Gasteiger partial charge in [0.15, 0.2) is 18.9 Å². The largest absolute Gasteiger partial charge is 0.394 e. The Balaban J connectivity index is 1.44. The van der Waals surface area contributed by atoms with E-state index in [1.54, 1.807) is 6.08 Å². The van der Waals surface area contributed by atoms with Crippen molar-refractivity contribution in [2.75, 3.05) is 26.4 Å². The minimum Gasteiger partial charge on any atom is -0.394 e. The third kappa shape index (κ3) is 27.9. The quantitative estimate of drug-likeness (QED) is 0.0240. The average Bonchev–Trinajstić information content (AvgIpc) is 3.57. The van der Waals surface area contributed by atoms with Crippen LogP contribution in [0.15, 0.2) is 12.2 Å². The number of nitrogens with one attached hydrogen (secondary N) is 1. The molecule has 3 heterocycles. The molecule has 3 fully saturated rings. The number of hydrogen-bond donors (Lipinski definition) is 12. The molecule has 1 amide bonds. The second kappa shape index (κ2) is 44.1. The third-order valence-corrected chi connectivity index (χ3v) is 16.1. The van der Waals surface area contributed by atoms with Crippen LogP contribution in [0.2, 0.25) is 0 Å². The van der Waals surface area contributed by atoms with Crippen LogP contribution in [-0.4, -0.2) is 193 Å². The maximum atomic E-state index is 13.3. The van der Waals surface area contributed by atoms with Crippen LogP contribution < -0.4 is 5.32 Å². The van der Waals surface area contributed by atoms with Crippen LogP contribution in [0.3, 0.4) is 0 Å². The molecule has 3 saturated heterocycles. The van der Waals surface area contributed by atoms with Crippen LogP contribution in [0.25, 0.3) is 0 Å². The highest BCUT2D eigenvalue weighted by molar-refractivity contribution is 5.76. The number of carbonyl (C=O) groups is 1. The Hall–Kier alpha value is -1.47. The summed E-state index contributed by atoms with van der Waals surface area (Å²) in [6.07, 6.45) is 17.8. The van der Waals surface area contributed by atoms with Crippen LogP contribution in [-0.2, 0) is 33.2 Å². The van der Waals surface area contributed by atoms with Crippen molar-refractivity contribution in [3.63, 3.8) is 0 Å². The molecule has 0 radical (unpaired) electrons. The van der Waals surface area contributed by atoms with Crippen LogP contribution >= 0.6 is 0 Å². The van der Waals surface area contributed by atoms with Crippen LogP contribution in [0.1, 0.15) is 232 Å². The van der Waals surface area contributed by atoms with Crippen LogP contribution in [0, 0.1) is 0 Å². The number of aliphatic hydroxyl groups is 11. The number of carbonyl (C=O) groups excluding carboxylic acids is 1. The Kier molecular flexibility index (Phi) is 40.1. The highest BCUT2D eigenvalue weighted by atomic mass is 16.8. The first-order valence-corrected chi connectivity index (χ1v) is 31.4. The fourth-order valence-electron chi connectivity index (χ4n) is 10.9. The van der Waals surface area contributed by atoms with Gasteiger partial charge in [0.25, 0.3) is 0 Å². The molecule has 3 rings (SSSR count). The highest BCUT2D eigenvalue weighted by Crippen LogP contribution is 2.33. The van der Waals surface area contributed by atoms with Gasteiger partial charge in [-0.15, -0.1) is 0 Å². The van der Waals surface area contributed by atoms with Crippen molar-refractivity contribution in [3.8, 4) is 0 Å². The van der Waals surface area contributed by atoms with E-state index >= 15 is 0 Å². The molecule has 17 unspecified atom stereocenters. The van der Waals surface area contributed by atoms with E-state index < -0.39 is 124 Å². The maximum Gasteiger partial charge on any atom is 0.220 e. The van der Waals surface area contributed by atoms with Crippen molar-refractivity contribution in [3.05, 3.63) is 12.2 Å². The highest BCUT2D eigenvalue weighted by Gasteiger charge is 2.53. The minimum atomic E-state index is -1.97. The van der Waals surface area contributed by atoms with E-state index in [4.69, 9.17) is 28.4 Å². The van der Waals surface area contributed by atoms with Gasteiger partial charge >= 0.3 is 0 Å². The molecule has 19 heteroatoms. The van der Waals surface area contributed by atoms with Gasteiger partial charge in [-0.2, -0.15) is 0 Å². The van der Waals surface area contributed by atoms with E-state index in [1.807, 2.05) is 6.08 Å². The summed E-state index contributed by atoms with van der Waals surface area (Å²) >= 11 is 0. The standard InChI is InChI=1S/C60H113NO18/c1-3-5-7-9-11-13-15-16-17-18-19-20-21-22-23-24-25-26-28-30-32-34-36-38-48(66)61-43(44(65)37-35-33-31-29-27-14-12-10-8-6-4-2)42-74-58-54(72)51(69)56(46(40-63)76-58)79-60-55(73)52(70)57(47(41-64)77-60)78-59-53(71)50(68)49(67)45(39-62)75-59/h35,37,43-47,49-60,62-65,67-73H,3-34,36,38-42H2,1-2H3,(H,61,66)/b37-35+. The molecule has 0 aromatic carbocycles. The zero-order chi connectivity index (χ0) is 57.6. The molecular weight excluding hydrogens is 1020 g/mol. The first kappa shape index (κ1) is 71.8. The summed E-state index contributed by atoms with van der Waals surface area (Å²) in [5.74, 6) is -0.273. The lowest BCUT2D eigenvalue weighted by molar-refractivity contribution is -0.379. The van der Waals surface area contributed by atoms with Crippen LogP contribution in [0.5, 0.6) is 0 Å². The van der Waals surface area contributed by atoms with E-state index in [-0.39, 0.29) is 18.9 Å². The van der Waals surface area contributed by atoms with Gasteiger partial charge in [0.2, 0.25) is 5.91 Å². The molecule has 3 aliphatic rings. The van der Waals surface area contributed by atoms with Gasteiger partial charge < -0.3 is 89.9 Å². The topological polar surface area (TPSA) is 307 Å². The van der Waals surface area contributed by atoms with Gasteiger partial charge in [-0.05, 0) is 19.3 Å². The van der Waals surface area contributed by atoms with Gasteiger partial charge in [0.1, 0.15) is 73.2 Å². The second-order valence-corrected chi connectivity index (χ2v) is 22.9. The summed E-state index contributed by atoms with van der Waals surface area (Å²) in [6, 6.07) is -0.966. The summed E-state index contributed by atoms with van der Waals surface area (Å²) in [4.78, 5) is 13.3. The lowest BCUT2D eigenvalue weighted by atomic mass is 9.96. The molecule has 0 aromatic heterocycles. The minimum absolute atomic E-state index is 0.249.